The number of nitrogens with zero attached hydrogens (tertiary/aromatic N) is 2. The van der Waals surface area contributed by atoms with E-state index < -0.39 is 0 Å². The van der Waals surface area contributed by atoms with Crippen molar-refractivity contribution in [1.82, 2.24) is 14.8 Å². The number of pyridine rings is 1. The SMILES string of the molecule is CCN1CCCC1CN(Cc1cc2cc(C)ccc2[nH]c1=O)C(=O)Nc1ccccc1. The lowest BCUT2D eigenvalue weighted by atomic mass is 10.1. The Labute approximate surface area is 182 Å². The van der Waals surface area contributed by atoms with Crippen LogP contribution in [0.1, 0.15) is 30.9 Å². The molecular formula is C25H30N4O2. The smallest absolute Gasteiger partial charge is 0.322 e. The van der Waals surface area contributed by atoms with E-state index in [0.29, 0.717) is 18.2 Å². The molecule has 1 saturated heterocycles. The van der Waals surface area contributed by atoms with Crippen LogP contribution < -0.4 is 10.9 Å². The minimum absolute atomic E-state index is 0.146. The maximum absolute atomic E-state index is 13.2. The molecule has 0 saturated carbocycles. The van der Waals surface area contributed by atoms with Gasteiger partial charge in [-0.1, -0.05) is 36.8 Å². The van der Waals surface area contributed by atoms with Crippen LogP contribution in [0.2, 0.25) is 0 Å². The molecule has 4 rings (SSSR count). The van der Waals surface area contributed by atoms with Crippen LogP contribution >= 0.6 is 0 Å². The summed E-state index contributed by atoms with van der Waals surface area (Å²) >= 11 is 0. The van der Waals surface area contributed by atoms with Crippen LogP contribution in [-0.4, -0.2) is 46.5 Å². The van der Waals surface area contributed by atoms with Gasteiger partial charge in [0.05, 0.1) is 6.54 Å². The third kappa shape index (κ3) is 4.97. The summed E-state index contributed by atoms with van der Waals surface area (Å²) in [4.78, 5) is 33.1. The first-order valence-electron chi connectivity index (χ1n) is 11.0. The Kier molecular flexibility index (Phi) is 6.37. The van der Waals surface area contributed by atoms with Gasteiger partial charge < -0.3 is 15.2 Å². The molecule has 2 amide bonds. The van der Waals surface area contributed by atoms with Crippen LogP contribution in [0.5, 0.6) is 0 Å². The summed E-state index contributed by atoms with van der Waals surface area (Å²) in [5.41, 5.74) is 3.15. The number of aromatic nitrogens is 1. The van der Waals surface area contributed by atoms with E-state index in [-0.39, 0.29) is 18.1 Å². The molecule has 1 aliphatic heterocycles. The summed E-state index contributed by atoms with van der Waals surface area (Å²) in [5.74, 6) is 0. The highest BCUT2D eigenvalue weighted by atomic mass is 16.2. The van der Waals surface area contributed by atoms with Crippen molar-refractivity contribution < 1.29 is 4.79 Å². The Balaban J connectivity index is 1.61. The number of anilines is 1. The van der Waals surface area contributed by atoms with Crippen LogP contribution in [0.4, 0.5) is 10.5 Å². The maximum Gasteiger partial charge on any atom is 0.322 e. The van der Waals surface area contributed by atoms with Crippen LogP contribution in [0.3, 0.4) is 0 Å². The summed E-state index contributed by atoms with van der Waals surface area (Å²) in [6.45, 7) is 7.08. The monoisotopic (exact) mass is 418 g/mol. The van der Waals surface area contributed by atoms with Crippen molar-refractivity contribution in [1.29, 1.82) is 0 Å². The van der Waals surface area contributed by atoms with Gasteiger partial charge in [0.25, 0.3) is 5.56 Å². The van der Waals surface area contributed by atoms with Gasteiger partial charge in [-0.05, 0) is 68.6 Å². The Morgan fingerprint density at radius 2 is 2.00 bits per heavy atom. The number of H-pyrrole nitrogens is 1. The van der Waals surface area contributed by atoms with Gasteiger partial charge in [-0.3, -0.25) is 9.69 Å². The molecule has 1 fully saturated rings. The molecule has 1 atom stereocenters. The lowest BCUT2D eigenvalue weighted by Crippen LogP contribution is -2.45. The van der Waals surface area contributed by atoms with Crippen molar-refractivity contribution >= 4 is 22.6 Å². The highest BCUT2D eigenvalue weighted by Crippen LogP contribution is 2.20. The van der Waals surface area contributed by atoms with Crippen molar-refractivity contribution in [3.63, 3.8) is 0 Å². The quantitative estimate of drug-likeness (QED) is 0.625. The zero-order valence-electron chi connectivity index (χ0n) is 18.2. The number of hydrogen-bond donors (Lipinski definition) is 2. The largest absolute Gasteiger partial charge is 0.322 e. The normalized spacial score (nSPS) is 16.5. The molecule has 0 radical (unpaired) electrons. The number of hydrogen-bond acceptors (Lipinski definition) is 3. The summed E-state index contributed by atoms with van der Waals surface area (Å²) in [6.07, 6.45) is 2.21. The number of likely N-dealkylation sites (N-methyl/N-ethyl adjacent to an activating group) is 1. The minimum Gasteiger partial charge on any atom is -0.322 e. The van der Waals surface area contributed by atoms with Gasteiger partial charge in [-0.2, -0.15) is 0 Å². The van der Waals surface area contributed by atoms with Gasteiger partial charge in [0.2, 0.25) is 0 Å². The number of rotatable bonds is 6. The number of carbonyl (C=O) groups excluding carboxylic acids is 1. The van der Waals surface area contributed by atoms with E-state index in [1.165, 1.54) is 0 Å². The van der Waals surface area contributed by atoms with Crippen LogP contribution in [0.15, 0.2) is 59.4 Å². The number of aromatic amines is 1. The van der Waals surface area contributed by atoms with E-state index in [2.05, 4.69) is 28.2 Å². The Morgan fingerprint density at radius 3 is 2.77 bits per heavy atom. The van der Waals surface area contributed by atoms with E-state index in [1.54, 1.807) is 4.90 Å². The van der Waals surface area contributed by atoms with Crippen molar-refractivity contribution in [3.8, 4) is 0 Å². The predicted molar refractivity (Wildman–Crippen MR) is 125 cm³/mol. The number of nitrogens with one attached hydrogen (secondary N) is 2. The molecule has 1 aromatic heterocycles. The molecule has 0 aliphatic carbocycles. The van der Waals surface area contributed by atoms with Crippen molar-refractivity contribution in [2.24, 2.45) is 0 Å². The lowest BCUT2D eigenvalue weighted by Gasteiger charge is -2.30. The zero-order valence-corrected chi connectivity index (χ0v) is 18.2. The Bertz CT molecular complexity index is 1110. The van der Waals surface area contributed by atoms with E-state index in [0.717, 1.165) is 48.1 Å². The van der Waals surface area contributed by atoms with Gasteiger partial charge >= 0.3 is 6.03 Å². The first kappa shape index (κ1) is 21.1. The van der Waals surface area contributed by atoms with Crippen LogP contribution in [0, 0.1) is 6.92 Å². The number of fused-ring (bicyclic) bond motifs is 1. The van der Waals surface area contributed by atoms with Crippen LogP contribution in [0.25, 0.3) is 10.9 Å². The Hall–Kier alpha value is -3.12. The molecule has 2 aromatic carbocycles. The first-order chi connectivity index (χ1) is 15.0. The molecule has 1 aliphatic rings. The highest BCUT2D eigenvalue weighted by molar-refractivity contribution is 5.89. The number of likely N-dealkylation sites (tertiary alicyclic amines) is 1. The second-order valence-corrected chi connectivity index (χ2v) is 8.32. The second kappa shape index (κ2) is 9.35. The number of para-hydroxylation sites is 1. The second-order valence-electron chi connectivity index (χ2n) is 8.32. The summed E-state index contributed by atoms with van der Waals surface area (Å²) < 4.78 is 0. The number of carbonyl (C=O) groups is 1. The number of amides is 2. The fraction of sp³-hybridized carbons (Fsp3) is 0.360. The van der Waals surface area contributed by atoms with Crippen molar-refractivity contribution in [2.75, 3.05) is 25.0 Å². The molecule has 6 nitrogen and oxygen atoms in total. The van der Waals surface area contributed by atoms with Gasteiger partial charge in [0, 0.05) is 29.4 Å². The molecule has 0 bridgehead atoms. The predicted octanol–water partition coefficient (Wildman–Crippen LogP) is 4.35. The third-order valence-corrected chi connectivity index (χ3v) is 6.09. The van der Waals surface area contributed by atoms with Crippen molar-refractivity contribution in [2.45, 2.75) is 39.3 Å². The fourth-order valence-corrected chi connectivity index (χ4v) is 4.41. The average molecular weight is 419 g/mol. The average Bonchev–Trinajstić information content (AvgIpc) is 3.22. The maximum atomic E-state index is 13.2. The fourth-order valence-electron chi connectivity index (χ4n) is 4.41. The van der Waals surface area contributed by atoms with E-state index in [4.69, 9.17) is 0 Å². The summed E-state index contributed by atoms with van der Waals surface area (Å²) in [5, 5.41) is 3.97. The van der Waals surface area contributed by atoms with Gasteiger partial charge in [-0.25, -0.2) is 4.79 Å². The topological polar surface area (TPSA) is 68.4 Å². The van der Waals surface area contributed by atoms with Gasteiger partial charge in [0.15, 0.2) is 0 Å². The number of aryl methyl sites for hydroxylation is 1. The van der Waals surface area contributed by atoms with E-state index in [9.17, 15) is 9.59 Å². The highest BCUT2D eigenvalue weighted by Gasteiger charge is 2.27. The van der Waals surface area contributed by atoms with Crippen molar-refractivity contribution in [3.05, 3.63) is 76.1 Å². The molecule has 3 aromatic rings. The molecule has 6 heteroatoms. The van der Waals surface area contributed by atoms with E-state index in [1.807, 2.05) is 55.5 Å². The number of urea groups is 1. The first-order valence-corrected chi connectivity index (χ1v) is 11.0. The molecule has 1 unspecified atom stereocenters. The standard InChI is InChI=1S/C25H30N4O2/c1-3-28-13-7-10-22(28)17-29(25(31)26-21-8-5-4-6-9-21)16-20-15-19-14-18(2)11-12-23(19)27-24(20)30/h4-6,8-9,11-12,14-15,22H,3,7,10,13,16-17H2,1-2H3,(H,26,31)(H,27,30). The molecule has 0 spiro atoms. The number of benzene rings is 2. The minimum atomic E-state index is -0.183. The molecule has 2 N–H and O–H groups in total. The summed E-state index contributed by atoms with van der Waals surface area (Å²) in [6, 6.07) is 17.5. The van der Waals surface area contributed by atoms with E-state index >= 15 is 0 Å². The summed E-state index contributed by atoms with van der Waals surface area (Å²) in [7, 11) is 0. The Morgan fingerprint density at radius 1 is 1.19 bits per heavy atom. The molecule has 31 heavy (non-hydrogen) atoms. The zero-order chi connectivity index (χ0) is 21.8. The van der Waals surface area contributed by atoms with Gasteiger partial charge in [-0.15, -0.1) is 0 Å². The molecular weight excluding hydrogens is 388 g/mol. The third-order valence-electron chi connectivity index (χ3n) is 6.09. The lowest BCUT2D eigenvalue weighted by molar-refractivity contribution is 0.174. The molecule has 162 valence electrons. The van der Waals surface area contributed by atoms with Gasteiger partial charge in [0.1, 0.15) is 0 Å². The van der Waals surface area contributed by atoms with Crippen LogP contribution in [-0.2, 0) is 6.54 Å². The molecule has 2 heterocycles.